The lowest BCUT2D eigenvalue weighted by molar-refractivity contribution is 0.0937. The standard InChI is InChI=1S/C14H23N3O/c1-3-4-5-6-11(2)17-14(18)12-7-8-16-13(9-12)10-15/h7-9,11H,3-6,10,15H2,1-2H3,(H,17,18). The molecule has 18 heavy (non-hydrogen) atoms. The molecule has 1 rings (SSSR count). The molecule has 4 heteroatoms. The first-order valence-corrected chi connectivity index (χ1v) is 6.63. The zero-order valence-electron chi connectivity index (χ0n) is 11.3. The average Bonchev–Trinajstić information content (AvgIpc) is 2.39. The van der Waals surface area contributed by atoms with E-state index in [2.05, 4.69) is 17.2 Å². The first-order chi connectivity index (χ1) is 8.67. The molecule has 0 aromatic carbocycles. The number of rotatable bonds is 7. The molecule has 0 bridgehead atoms. The van der Waals surface area contributed by atoms with Gasteiger partial charge < -0.3 is 11.1 Å². The Morgan fingerprint density at radius 3 is 2.94 bits per heavy atom. The van der Waals surface area contributed by atoms with Crippen LogP contribution in [0.25, 0.3) is 0 Å². The number of nitrogens with one attached hydrogen (secondary N) is 1. The minimum Gasteiger partial charge on any atom is -0.350 e. The molecule has 4 nitrogen and oxygen atoms in total. The summed E-state index contributed by atoms with van der Waals surface area (Å²) in [4.78, 5) is 16.1. The number of hydrogen-bond donors (Lipinski definition) is 2. The van der Waals surface area contributed by atoms with E-state index in [1.54, 1.807) is 18.3 Å². The summed E-state index contributed by atoms with van der Waals surface area (Å²) in [7, 11) is 0. The number of pyridine rings is 1. The third kappa shape index (κ3) is 4.84. The molecule has 0 saturated heterocycles. The van der Waals surface area contributed by atoms with Crippen LogP contribution < -0.4 is 11.1 Å². The number of nitrogens with zero attached hydrogens (tertiary/aromatic N) is 1. The molecule has 1 aromatic rings. The van der Waals surface area contributed by atoms with Crippen molar-refractivity contribution in [1.82, 2.24) is 10.3 Å². The Labute approximate surface area is 109 Å². The summed E-state index contributed by atoms with van der Waals surface area (Å²) in [6.45, 7) is 4.57. The summed E-state index contributed by atoms with van der Waals surface area (Å²) in [6.07, 6.45) is 6.22. The lowest BCUT2D eigenvalue weighted by atomic mass is 10.1. The molecule has 1 aromatic heterocycles. The van der Waals surface area contributed by atoms with Gasteiger partial charge in [0.2, 0.25) is 0 Å². The fraction of sp³-hybridized carbons (Fsp3) is 0.571. The quantitative estimate of drug-likeness (QED) is 0.728. The molecule has 1 heterocycles. The van der Waals surface area contributed by atoms with Crippen LogP contribution in [0.2, 0.25) is 0 Å². The SMILES string of the molecule is CCCCCC(C)NC(=O)c1ccnc(CN)c1. The zero-order chi connectivity index (χ0) is 13.4. The number of hydrogen-bond acceptors (Lipinski definition) is 3. The first-order valence-electron chi connectivity index (χ1n) is 6.63. The predicted molar refractivity (Wildman–Crippen MR) is 73.2 cm³/mol. The fourth-order valence-corrected chi connectivity index (χ4v) is 1.81. The Kier molecular flexibility index (Phi) is 6.36. The van der Waals surface area contributed by atoms with Gasteiger partial charge >= 0.3 is 0 Å². The lowest BCUT2D eigenvalue weighted by Crippen LogP contribution is -2.32. The fourth-order valence-electron chi connectivity index (χ4n) is 1.81. The van der Waals surface area contributed by atoms with Crippen LogP contribution in [0.1, 0.15) is 55.6 Å². The summed E-state index contributed by atoms with van der Waals surface area (Å²) in [5.74, 6) is -0.0453. The van der Waals surface area contributed by atoms with Crippen LogP contribution >= 0.6 is 0 Å². The minimum absolute atomic E-state index is 0.0453. The first kappa shape index (κ1) is 14.6. The van der Waals surface area contributed by atoms with Gasteiger partial charge in [-0.25, -0.2) is 0 Å². The van der Waals surface area contributed by atoms with E-state index in [0.29, 0.717) is 12.1 Å². The third-order valence-electron chi connectivity index (χ3n) is 2.91. The number of nitrogens with two attached hydrogens (primary N) is 1. The Morgan fingerprint density at radius 2 is 2.28 bits per heavy atom. The van der Waals surface area contributed by atoms with E-state index in [1.807, 2.05) is 6.92 Å². The maximum absolute atomic E-state index is 12.0. The van der Waals surface area contributed by atoms with E-state index in [4.69, 9.17) is 5.73 Å². The molecule has 0 saturated carbocycles. The maximum atomic E-state index is 12.0. The Bertz CT molecular complexity index is 379. The molecule has 1 amide bonds. The molecule has 1 atom stereocenters. The van der Waals surface area contributed by atoms with Crippen molar-refractivity contribution in [2.24, 2.45) is 5.73 Å². The molecule has 1 unspecified atom stereocenters. The predicted octanol–water partition coefficient (Wildman–Crippen LogP) is 2.24. The molecular formula is C14H23N3O. The van der Waals surface area contributed by atoms with E-state index in [-0.39, 0.29) is 11.9 Å². The van der Waals surface area contributed by atoms with Crippen molar-refractivity contribution in [3.05, 3.63) is 29.6 Å². The lowest BCUT2D eigenvalue weighted by Gasteiger charge is -2.13. The van der Waals surface area contributed by atoms with Crippen LogP contribution in [0.15, 0.2) is 18.3 Å². The van der Waals surface area contributed by atoms with E-state index in [1.165, 1.54) is 12.8 Å². The van der Waals surface area contributed by atoms with Gasteiger partial charge in [-0.1, -0.05) is 26.2 Å². The van der Waals surface area contributed by atoms with Gasteiger partial charge in [-0.05, 0) is 25.5 Å². The molecule has 3 N–H and O–H groups in total. The Hall–Kier alpha value is -1.42. The summed E-state index contributed by atoms with van der Waals surface area (Å²) < 4.78 is 0. The second-order valence-corrected chi connectivity index (χ2v) is 4.61. The molecule has 0 aliphatic rings. The molecule has 0 aliphatic carbocycles. The van der Waals surface area contributed by atoms with Gasteiger partial charge in [-0.3, -0.25) is 9.78 Å². The third-order valence-corrected chi connectivity index (χ3v) is 2.91. The highest BCUT2D eigenvalue weighted by Crippen LogP contribution is 2.05. The monoisotopic (exact) mass is 249 g/mol. The van der Waals surface area contributed by atoms with Gasteiger partial charge in [0, 0.05) is 24.3 Å². The minimum atomic E-state index is -0.0453. The summed E-state index contributed by atoms with van der Waals surface area (Å²) in [6, 6.07) is 3.67. The van der Waals surface area contributed by atoms with Gasteiger partial charge in [-0.15, -0.1) is 0 Å². The van der Waals surface area contributed by atoms with Gasteiger partial charge in [0.25, 0.3) is 5.91 Å². The smallest absolute Gasteiger partial charge is 0.251 e. The van der Waals surface area contributed by atoms with Crippen molar-refractivity contribution in [2.45, 2.75) is 52.1 Å². The van der Waals surface area contributed by atoms with Crippen LogP contribution in [0.5, 0.6) is 0 Å². The Balaban J connectivity index is 2.48. The second kappa shape index (κ2) is 7.82. The number of amides is 1. The normalized spacial score (nSPS) is 12.2. The van der Waals surface area contributed by atoms with Crippen LogP contribution in [0.3, 0.4) is 0 Å². The number of unbranched alkanes of at least 4 members (excludes halogenated alkanes) is 2. The largest absolute Gasteiger partial charge is 0.350 e. The van der Waals surface area contributed by atoms with Crippen molar-refractivity contribution < 1.29 is 4.79 Å². The molecular weight excluding hydrogens is 226 g/mol. The summed E-state index contributed by atoms with van der Waals surface area (Å²) >= 11 is 0. The van der Waals surface area contributed by atoms with Crippen LogP contribution in [-0.4, -0.2) is 16.9 Å². The second-order valence-electron chi connectivity index (χ2n) is 4.61. The van der Waals surface area contributed by atoms with Crippen molar-refractivity contribution in [2.75, 3.05) is 0 Å². The summed E-state index contributed by atoms with van der Waals surface area (Å²) in [5, 5.41) is 3.00. The van der Waals surface area contributed by atoms with E-state index < -0.39 is 0 Å². The van der Waals surface area contributed by atoms with Crippen LogP contribution in [0.4, 0.5) is 0 Å². The van der Waals surface area contributed by atoms with Crippen LogP contribution in [0, 0.1) is 0 Å². The van der Waals surface area contributed by atoms with Crippen molar-refractivity contribution >= 4 is 5.91 Å². The van der Waals surface area contributed by atoms with Crippen molar-refractivity contribution in [3.63, 3.8) is 0 Å². The number of aromatic nitrogens is 1. The molecule has 0 spiro atoms. The van der Waals surface area contributed by atoms with Gasteiger partial charge in [0.1, 0.15) is 0 Å². The molecule has 0 fully saturated rings. The maximum Gasteiger partial charge on any atom is 0.251 e. The van der Waals surface area contributed by atoms with Crippen molar-refractivity contribution in [1.29, 1.82) is 0 Å². The zero-order valence-corrected chi connectivity index (χ0v) is 11.3. The molecule has 0 radical (unpaired) electrons. The van der Waals surface area contributed by atoms with Crippen molar-refractivity contribution in [3.8, 4) is 0 Å². The van der Waals surface area contributed by atoms with Gasteiger partial charge in [0.05, 0.1) is 5.69 Å². The molecule has 100 valence electrons. The topological polar surface area (TPSA) is 68.0 Å². The van der Waals surface area contributed by atoms with E-state index >= 15 is 0 Å². The van der Waals surface area contributed by atoms with Crippen LogP contribution in [-0.2, 0) is 6.54 Å². The number of carbonyl (C=O) groups is 1. The van der Waals surface area contributed by atoms with E-state index in [9.17, 15) is 4.79 Å². The van der Waals surface area contributed by atoms with Gasteiger partial charge in [0.15, 0.2) is 0 Å². The number of carbonyl (C=O) groups excluding carboxylic acids is 1. The molecule has 0 aliphatic heterocycles. The highest BCUT2D eigenvalue weighted by Gasteiger charge is 2.10. The Morgan fingerprint density at radius 1 is 1.50 bits per heavy atom. The highest BCUT2D eigenvalue weighted by molar-refractivity contribution is 5.94. The van der Waals surface area contributed by atoms with Gasteiger partial charge in [-0.2, -0.15) is 0 Å². The van der Waals surface area contributed by atoms with E-state index in [0.717, 1.165) is 18.5 Å². The average molecular weight is 249 g/mol. The highest BCUT2D eigenvalue weighted by atomic mass is 16.1. The summed E-state index contributed by atoms with van der Waals surface area (Å²) in [5.41, 5.74) is 6.88.